The van der Waals surface area contributed by atoms with Crippen LogP contribution in [-0.2, 0) is 14.8 Å². The van der Waals surface area contributed by atoms with Crippen LogP contribution in [0, 0.1) is 5.92 Å². The van der Waals surface area contributed by atoms with E-state index in [0.717, 1.165) is 30.3 Å². The molecule has 0 spiro atoms. The van der Waals surface area contributed by atoms with Crippen molar-refractivity contribution in [3.05, 3.63) is 0 Å². The highest BCUT2D eigenvalue weighted by Crippen LogP contribution is 2.28. The number of carbonyl (C=O) groups is 1. The van der Waals surface area contributed by atoms with Crippen LogP contribution in [0.15, 0.2) is 0 Å². The van der Waals surface area contributed by atoms with E-state index >= 15 is 0 Å². The minimum atomic E-state index is -3.18. The molecule has 1 atom stereocenters. The maximum Gasteiger partial charge on any atom is 0.224 e. The number of thioether (sulfide) groups is 1. The lowest BCUT2D eigenvalue weighted by Crippen LogP contribution is -2.45. The van der Waals surface area contributed by atoms with Crippen LogP contribution >= 0.6 is 11.8 Å². The lowest BCUT2D eigenvalue weighted by molar-refractivity contribution is -0.126. The Labute approximate surface area is 145 Å². The van der Waals surface area contributed by atoms with E-state index in [1.165, 1.54) is 42.7 Å². The van der Waals surface area contributed by atoms with Crippen molar-refractivity contribution in [1.29, 1.82) is 0 Å². The first-order valence-electron chi connectivity index (χ1n) is 8.81. The van der Waals surface area contributed by atoms with Gasteiger partial charge in [-0.15, -0.1) is 0 Å². The van der Waals surface area contributed by atoms with E-state index in [4.69, 9.17) is 0 Å². The third-order valence-corrected chi connectivity index (χ3v) is 7.49. The summed E-state index contributed by atoms with van der Waals surface area (Å²) in [6.07, 6.45) is 10.6. The quantitative estimate of drug-likeness (QED) is 0.705. The van der Waals surface area contributed by atoms with E-state index in [1.807, 2.05) is 11.8 Å². The molecule has 1 amide bonds. The number of sulfonamides is 1. The van der Waals surface area contributed by atoms with E-state index in [0.29, 0.717) is 19.6 Å². The van der Waals surface area contributed by atoms with Crippen molar-refractivity contribution in [2.24, 2.45) is 5.92 Å². The van der Waals surface area contributed by atoms with Gasteiger partial charge in [0.2, 0.25) is 15.9 Å². The molecular formula is C16H30N2O3S2. The summed E-state index contributed by atoms with van der Waals surface area (Å²) in [5.41, 5.74) is 0. The largest absolute Gasteiger partial charge is 0.356 e. The fourth-order valence-corrected chi connectivity index (χ4v) is 5.59. The molecule has 2 rings (SSSR count). The van der Waals surface area contributed by atoms with Crippen molar-refractivity contribution in [2.75, 3.05) is 31.6 Å². The second-order valence-corrected chi connectivity index (χ2v) is 10.1. The van der Waals surface area contributed by atoms with Crippen molar-refractivity contribution in [1.82, 2.24) is 9.62 Å². The Hall–Kier alpha value is -0.270. The van der Waals surface area contributed by atoms with Crippen molar-refractivity contribution in [2.45, 2.75) is 56.6 Å². The molecule has 1 saturated carbocycles. The summed E-state index contributed by atoms with van der Waals surface area (Å²) in [7, 11) is -3.18. The van der Waals surface area contributed by atoms with Crippen LogP contribution in [0.4, 0.5) is 0 Å². The van der Waals surface area contributed by atoms with Crippen LogP contribution in [0.25, 0.3) is 0 Å². The summed E-state index contributed by atoms with van der Waals surface area (Å²) in [5.74, 6) is 0.927. The molecule has 2 fully saturated rings. The maximum atomic E-state index is 12.2. The van der Waals surface area contributed by atoms with Gasteiger partial charge in [0, 0.05) is 24.9 Å². The fourth-order valence-electron chi connectivity index (χ4n) is 3.37. The fraction of sp³-hybridized carbons (Fsp3) is 0.938. The van der Waals surface area contributed by atoms with Gasteiger partial charge < -0.3 is 5.32 Å². The predicted molar refractivity (Wildman–Crippen MR) is 96.1 cm³/mol. The second-order valence-electron chi connectivity index (χ2n) is 6.74. The summed E-state index contributed by atoms with van der Waals surface area (Å²) in [6, 6.07) is 0. The molecule has 0 aromatic rings. The molecule has 23 heavy (non-hydrogen) atoms. The highest BCUT2D eigenvalue weighted by atomic mass is 32.2. The van der Waals surface area contributed by atoms with Crippen LogP contribution in [-0.4, -0.2) is 55.5 Å². The molecule has 0 radical (unpaired) electrons. The molecule has 1 aliphatic heterocycles. The van der Waals surface area contributed by atoms with Crippen molar-refractivity contribution >= 4 is 27.7 Å². The minimum absolute atomic E-state index is 0.0148. The number of nitrogens with one attached hydrogen (secondary N) is 1. The SMILES string of the molecule is CS(=O)(=O)N1CCC[C@@H](C(=O)NCCCSC2CCCCC2)C1. The van der Waals surface area contributed by atoms with Gasteiger partial charge in [-0.3, -0.25) is 4.79 Å². The molecule has 0 aromatic heterocycles. The van der Waals surface area contributed by atoms with E-state index < -0.39 is 10.0 Å². The molecule has 1 N–H and O–H groups in total. The smallest absolute Gasteiger partial charge is 0.224 e. The Morgan fingerprint density at radius 2 is 1.91 bits per heavy atom. The monoisotopic (exact) mass is 362 g/mol. The number of piperidine rings is 1. The molecule has 0 unspecified atom stereocenters. The molecule has 5 nitrogen and oxygen atoms in total. The zero-order valence-corrected chi connectivity index (χ0v) is 15.8. The Balaban J connectivity index is 1.60. The third-order valence-electron chi connectivity index (χ3n) is 4.75. The van der Waals surface area contributed by atoms with Crippen LogP contribution in [0.5, 0.6) is 0 Å². The standard InChI is InChI=1S/C16H30N2O3S2/c1-23(20,21)18-11-5-7-14(13-18)16(19)17-10-6-12-22-15-8-3-2-4-9-15/h14-15H,2-13H2,1H3,(H,17,19)/t14-/m1/s1. The normalized spacial score (nSPS) is 24.5. The minimum Gasteiger partial charge on any atom is -0.356 e. The Morgan fingerprint density at radius 1 is 1.17 bits per heavy atom. The van der Waals surface area contributed by atoms with Gasteiger partial charge in [0.05, 0.1) is 12.2 Å². The lowest BCUT2D eigenvalue weighted by Gasteiger charge is -2.30. The predicted octanol–water partition coefficient (Wildman–Crippen LogP) is 2.23. The molecule has 1 heterocycles. The van der Waals surface area contributed by atoms with Crippen LogP contribution in [0.1, 0.15) is 51.4 Å². The Morgan fingerprint density at radius 3 is 2.61 bits per heavy atom. The summed E-state index contributed by atoms with van der Waals surface area (Å²) in [6.45, 7) is 1.58. The highest BCUT2D eigenvalue weighted by molar-refractivity contribution is 7.99. The molecule has 2 aliphatic rings. The Kier molecular flexibility index (Phi) is 7.69. The van der Waals surface area contributed by atoms with E-state index in [-0.39, 0.29) is 11.8 Å². The number of nitrogens with zero attached hydrogens (tertiary/aromatic N) is 1. The average molecular weight is 363 g/mol. The van der Waals surface area contributed by atoms with E-state index in [1.54, 1.807) is 0 Å². The van der Waals surface area contributed by atoms with Gasteiger partial charge in [-0.2, -0.15) is 11.8 Å². The van der Waals surface area contributed by atoms with Crippen LogP contribution in [0.2, 0.25) is 0 Å². The molecule has 134 valence electrons. The van der Waals surface area contributed by atoms with Gasteiger partial charge >= 0.3 is 0 Å². The average Bonchev–Trinajstić information content (AvgIpc) is 2.54. The Bertz CT molecular complexity index is 476. The molecule has 0 bridgehead atoms. The van der Waals surface area contributed by atoms with Gasteiger partial charge in [0.1, 0.15) is 0 Å². The first kappa shape index (κ1) is 19.1. The maximum absolute atomic E-state index is 12.2. The van der Waals surface area contributed by atoms with Gasteiger partial charge in [0.15, 0.2) is 0 Å². The number of rotatable bonds is 7. The van der Waals surface area contributed by atoms with Gasteiger partial charge in [-0.05, 0) is 37.9 Å². The van der Waals surface area contributed by atoms with E-state index in [9.17, 15) is 13.2 Å². The van der Waals surface area contributed by atoms with Crippen molar-refractivity contribution in [3.63, 3.8) is 0 Å². The van der Waals surface area contributed by atoms with Crippen molar-refractivity contribution < 1.29 is 13.2 Å². The number of amides is 1. The third kappa shape index (κ3) is 6.63. The van der Waals surface area contributed by atoms with E-state index in [2.05, 4.69) is 5.32 Å². The molecule has 1 saturated heterocycles. The van der Waals surface area contributed by atoms with Gasteiger partial charge in [0.25, 0.3) is 0 Å². The summed E-state index contributed by atoms with van der Waals surface area (Å²) in [4.78, 5) is 12.2. The summed E-state index contributed by atoms with van der Waals surface area (Å²) < 4.78 is 24.6. The van der Waals surface area contributed by atoms with Gasteiger partial charge in [-0.1, -0.05) is 19.3 Å². The number of hydrogen-bond donors (Lipinski definition) is 1. The lowest BCUT2D eigenvalue weighted by atomic mass is 9.99. The second kappa shape index (κ2) is 9.28. The van der Waals surface area contributed by atoms with Crippen LogP contribution in [0.3, 0.4) is 0 Å². The number of carbonyl (C=O) groups excluding carboxylic acids is 1. The van der Waals surface area contributed by atoms with Crippen LogP contribution < -0.4 is 5.32 Å². The number of hydrogen-bond acceptors (Lipinski definition) is 4. The molecule has 1 aliphatic carbocycles. The first-order valence-corrected chi connectivity index (χ1v) is 11.7. The zero-order chi connectivity index (χ0) is 16.7. The summed E-state index contributed by atoms with van der Waals surface area (Å²) in [5, 5.41) is 3.81. The van der Waals surface area contributed by atoms with Gasteiger partial charge in [-0.25, -0.2) is 12.7 Å². The molecular weight excluding hydrogens is 332 g/mol. The summed E-state index contributed by atoms with van der Waals surface area (Å²) >= 11 is 2.05. The topological polar surface area (TPSA) is 66.5 Å². The zero-order valence-electron chi connectivity index (χ0n) is 14.1. The molecule has 0 aromatic carbocycles. The first-order chi connectivity index (χ1) is 11.0. The van der Waals surface area contributed by atoms with Crippen molar-refractivity contribution in [3.8, 4) is 0 Å². The molecule has 7 heteroatoms. The highest BCUT2D eigenvalue weighted by Gasteiger charge is 2.29.